The van der Waals surface area contributed by atoms with Crippen molar-refractivity contribution in [2.24, 2.45) is 11.7 Å². The fourth-order valence-electron chi connectivity index (χ4n) is 3.35. The summed E-state index contributed by atoms with van der Waals surface area (Å²) in [4.78, 5) is 12.9. The van der Waals surface area contributed by atoms with Crippen LogP contribution in [0.15, 0.2) is 48.5 Å². The van der Waals surface area contributed by atoms with Gasteiger partial charge in [0.05, 0.1) is 0 Å². The van der Waals surface area contributed by atoms with Crippen molar-refractivity contribution in [1.82, 2.24) is 5.32 Å². The molecule has 0 spiro atoms. The van der Waals surface area contributed by atoms with Gasteiger partial charge in [0.25, 0.3) is 5.91 Å². The molecule has 3 rings (SSSR count). The summed E-state index contributed by atoms with van der Waals surface area (Å²) in [5, 5.41) is 3.01. The average Bonchev–Trinajstić information content (AvgIpc) is 3.10. The number of carbonyl (C=O) groups excluding carboxylic acids is 1. The molecule has 1 saturated carbocycles. The molecule has 0 aliphatic heterocycles. The van der Waals surface area contributed by atoms with Gasteiger partial charge in [-0.25, -0.2) is 8.78 Å². The summed E-state index contributed by atoms with van der Waals surface area (Å²) in [5.74, 6) is -1.96. The highest BCUT2D eigenvalue weighted by molar-refractivity contribution is 5.85. The highest BCUT2D eigenvalue weighted by atomic mass is 35.5. The van der Waals surface area contributed by atoms with Gasteiger partial charge in [0, 0.05) is 17.7 Å². The van der Waals surface area contributed by atoms with Crippen LogP contribution in [0.5, 0.6) is 5.75 Å². The second-order valence-corrected chi connectivity index (χ2v) is 6.53. The van der Waals surface area contributed by atoms with E-state index in [-0.39, 0.29) is 36.0 Å². The van der Waals surface area contributed by atoms with E-state index in [2.05, 4.69) is 5.32 Å². The molecule has 0 bridgehead atoms. The van der Waals surface area contributed by atoms with Gasteiger partial charge in [0.1, 0.15) is 5.75 Å². The standard InChI is InChI=1S/C20H22F2N2O2.ClH/c21-16-10-9-15(11-17(16)22)26-19(13-5-2-1-3-6-13)20(25)24-18-8-4-7-14(18)12-23;/h1-3,5-6,9-11,14,18-19H,4,7-8,12,23H2,(H,24,25);1H. The molecule has 1 amide bonds. The van der Waals surface area contributed by atoms with Crippen LogP contribution in [0.4, 0.5) is 8.78 Å². The number of rotatable bonds is 6. The Kier molecular flexibility index (Phi) is 7.56. The minimum Gasteiger partial charge on any atom is -0.476 e. The van der Waals surface area contributed by atoms with Crippen LogP contribution in [-0.2, 0) is 4.79 Å². The van der Waals surface area contributed by atoms with Crippen LogP contribution in [0.1, 0.15) is 30.9 Å². The molecular formula is C20H23ClF2N2O2. The summed E-state index contributed by atoms with van der Waals surface area (Å²) in [7, 11) is 0. The molecule has 1 aliphatic rings. The number of hydrogen-bond acceptors (Lipinski definition) is 3. The normalized spacial score (nSPS) is 19.8. The first-order valence-corrected chi connectivity index (χ1v) is 8.75. The fourth-order valence-corrected chi connectivity index (χ4v) is 3.35. The predicted octanol–water partition coefficient (Wildman–Crippen LogP) is 3.75. The predicted molar refractivity (Wildman–Crippen MR) is 102 cm³/mol. The Bertz CT molecular complexity index is 761. The molecule has 3 N–H and O–H groups in total. The summed E-state index contributed by atoms with van der Waals surface area (Å²) in [5.41, 5.74) is 6.42. The van der Waals surface area contributed by atoms with Gasteiger partial charge in [0.15, 0.2) is 11.6 Å². The topological polar surface area (TPSA) is 64.3 Å². The molecule has 2 aromatic rings. The lowest BCUT2D eigenvalue weighted by Crippen LogP contribution is -2.43. The van der Waals surface area contributed by atoms with Gasteiger partial charge in [-0.05, 0) is 37.4 Å². The Labute approximate surface area is 163 Å². The van der Waals surface area contributed by atoms with E-state index in [9.17, 15) is 13.6 Å². The van der Waals surface area contributed by atoms with Gasteiger partial charge in [-0.2, -0.15) is 0 Å². The van der Waals surface area contributed by atoms with Crippen LogP contribution in [0.3, 0.4) is 0 Å². The van der Waals surface area contributed by atoms with E-state index in [4.69, 9.17) is 10.5 Å². The lowest BCUT2D eigenvalue weighted by atomic mass is 10.0. The van der Waals surface area contributed by atoms with Crippen molar-refractivity contribution in [2.45, 2.75) is 31.4 Å². The summed E-state index contributed by atoms with van der Waals surface area (Å²) in [6.07, 6.45) is 1.93. The number of ether oxygens (including phenoxy) is 1. The third kappa shape index (κ3) is 5.17. The maximum absolute atomic E-state index is 13.5. The van der Waals surface area contributed by atoms with E-state index in [0.29, 0.717) is 12.1 Å². The van der Waals surface area contributed by atoms with Gasteiger partial charge < -0.3 is 15.8 Å². The highest BCUT2D eigenvalue weighted by Gasteiger charge is 2.31. The quantitative estimate of drug-likeness (QED) is 0.781. The third-order valence-corrected chi connectivity index (χ3v) is 4.77. The molecule has 0 saturated heterocycles. The summed E-state index contributed by atoms with van der Waals surface area (Å²) in [6, 6.07) is 12.2. The Morgan fingerprint density at radius 2 is 1.89 bits per heavy atom. The van der Waals surface area contributed by atoms with Gasteiger partial charge >= 0.3 is 0 Å². The lowest BCUT2D eigenvalue weighted by molar-refractivity contribution is -0.129. The molecule has 4 nitrogen and oxygen atoms in total. The molecule has 3 unspecified atom stereocenters. The number of hydrogen-bond donors (Lipinski definition) is 2. The zero-order valence-electron chi connectivity index (χ0n) is 14.7. The molecule has 7 heteroatoms. The van der Waals surface area contributed by atoms with Crippen molar-refractivity contribution < 1.29 is 18.3 Å². The zero-order chi connectivity index (χ0) is 18.5. The average molecular weight is 397 g/mol. The number of amides is 1. The van der Waals surface area contributed by atoms with E-state index < -0.39 is 17.7 Å². The van der Waals surface area contributed by atoms with Crippen molar-refractivity contribution in [2.75, 3.05) is 6.54 Å². The van der Waals surface area contributed by atoms with Gasteiger partial charge in [-0.3, -0.25) is 4.79 Å². The third-order valence-electron chi connectivity index (χ3n) is 4.77. The van der Waals surface area contributed by atoms with Crippen molar-refractivity contribution in [1.29, 1.82) is 0 Å². The number of halogens is 3. The second-order valence-electron chi connectivity index (χ2n) is 6.53. The second kappa shape index (κ2) is 9.67. The Morgan fingerprint density at radius 1 is 1.15 bits per heavy atom. The Morgan fingerprint density at radius 3 is 2.56 bits per heavy atom. The number of benzene rings is 2. The van der Waals surface area contributed by atoms with Gasteiger partial charge in [0.2, 0.25) is 6.10 Å². The number of carbonyl (C=O) groups is 1. The van der Waals surface area contributed by atoms with Crippen molar-refractivity contribution in [3.05, 3.63) is 65.7 Å². The Balaban J connectivity index is 0.00000261. The minimum atomic E-state index is -1.02. The maximum Gasteiger partial charge on any atom is 0.266 e. The van der Waals surface area contributed by atoms with E-state index in [1.165, 1.54) is 6.07 Å². The van der Waals surface area contributed by atoms with Crippen LogP contribution in [-0.4, -0.2) is 18.5 Å². The number of nitrogens with one attached hydrogen (secondary N) is 1. The van der Waals surface area contributed by atoms with Crippen molar-refractivity contribution in [3.8, 4) is 5.75 Å². The van der Waals surface area contributed by atoms with Crippen molar-refractivity contribution in [3.63, 3.8) is 0 Å². The van der Waals surface area contributed by atoms with Crippen LogP contribution in [0.2, 0.25) is 0 Å². The molecular weight excluding hydrogens is 374 g/mol. The highest BCUT2D eigenvalue weighted by Crippen LogP contribution is 2.27. The van der Waals surface area contributed by atoms with Gasteiger partial charge in [-0.1, -0.05) is 36.8 Å². The van der Waals surface area contributed by atoms with Gasteiger partial charge in [-0.15, -0.1) is 12.4 Å². The largest absolute Gasteiger partial charge is 0.476 e. The number of nitrogens with two attached hydrogens (primary N) is 1. The van der Waals surface area contributed by atoms with E-state index in [1.807, 2.05) is 6.07 Å². The van der Waals surface area contributed by atoms with E-state index in [1.54, 1.807) is 24.3 Å². The first kappa shape index (κ1) is 21.1. The summed E-state index contributed by atoms with van der Waals surface area (Å²) >= 11 is 0. The fraction of sp³-hybridized carbons (Fsp3) is 0.350. The Hall–Kier alpha value is -2.18. The lowest BCUT2D eigenvalue weighted by Gasteiger charge is -2.24. The van der Waals surface area contributed by atoms with E-state index in [0.717, 1.165) is 31.4 Å². The molecule has 0 heterocycles. The minimum absolute atomic E-state index is 0. The van der Waals surface area contributed by atoms with E-state index >= 15 is 0 Å². The van der Waals surface area contributed by atoms with Crippen LogP contribution in [0.25, 0.3) is 0 Å². The summed E-state index contributed by atoms with van der Waals surface area (Å²) in [6.45, 7) is 0.519. The van der Waals surface area contributed by atoms with Crippen LogP contribution < -0.4 is 15.8 Å². The molecule has 1 fully saturated rings. The SMILES string of the molecule is Cl.NCC1CCCC1NC(=O)C(Oc1ccc(F)c(F)c1)c1ccccc1. The smallest absolute Gasteiger partial charge is 0.266 e. The van der Waals surface area contributed by atoms with Crippen LogP contribution in [0, 0.1) is 17.6 Å². The summed E-state index contributed by atoms with van der Waals surface area (Å²) < 4.78 is 32.4. The van der Waals surface area contributed by atoms with Crippen molar-refractivity contribution >= 4 is 18.3 Å². The molecule has 0 radical (unpaired) electrons. The van der Waals surface area contributed by atoms with Crippen LogP contribution >= 0.6 is 12.4 Å². The first-order valence-electron chi connectivity index (χ1n) is 8.75. The molecule has 3 atom stereocenters. The molecule has 27 heavy (non-hydrogen) atoms. The molecule has 2 aromatic carbocycles. The molecule has 1 aliphatic carbocycles. The molecule has 0 aromatic heterocycles. The maximum atomic E-state index is 13.5. The molecule has 146 valence electrons. The first-order chi connectivity index (χ1) is 12.6. The monoisotopic (exact) mass is 396 g/mol. The zero-order valence-corrected chi connectivity index (χ0v) is 15.6.